The lowest BCUT2D eigenvalue weighted by atomic mass is 9.86. The highest BCUT2D eigenvalue weighted by atomic mass is 35.5. The Bertz CT molecular complexity index is 428. The molecule has 1 aliphatic carbocycles. The number of hydrogen-bond donors (Lipinski definition) is 2. The van der Waals surface area contributed by atoms with Crippen LogP contribution in [0.4, 0.5) is 5.69 Å². The fourth-order valence-electron chi connectivity index (χ4n) is 2.65. The molecule has 0 amide bonds. The van der Waals surface area contributed by atoms with Gasteiger partial charge in [-0.25, -0.2) is 4.99 Å². The molecule has 0 heterocycles. The maximum absolute atomic E-state index is 9.17. The van der Waals surface area contributed by atoms with Gasteiger partial charge in [-0.3, -0.25) is 10.7 Å². The van der Waals surface area contributed by atoms with Crippen molar-refractivity contribution in [1.29, 1.82) is 0 Å². The molecule has 2 rings (SSSR count). The molecule has 2 N–H and O–H groups in total. The van der Waals surface area contributed by atoms with Crippen molar-refractivity contribution in [2.75, 3.05) is 0 Å². The lowest BCUT2D eigenvalue weighted by Gasteiger charge is -2.21. The van der Waals surface area contributed by atoms with E-state index < -0.39 is 0 Å². The first-order valence-electron chi connectivity index (χ1n) is 7.01. The van der Waals surface area contributed by atoms with Crippen molar-refractivity contribution < 1.29 is 5.21 Å². The largest absolute Gasteiger partial charge is 0.290 e. The Balaban J connectivity index is 1.91. The minimum absolute atomic E-state index is 0.618. The predicted molar refractivity (Wildman–Crippen MR) is 79.3 cm³/mol. The summed E-state index contributed by atoms with van der Waals surface area (Å²) in [5.41, 5.74) is 2.99. The standard InChI is InChI=1S/C15H21ClN2O/c16-13-7-4-8-14(11-13)17-15(18-19)10-9-12-5-2-1-3-6-12/h4,7-8,11-12,19H,1-3,5-6,9-10H2,(H,17,18). The van der Waals surface area contributed by atoms with E-state index in [1.165, 1.54) is 32.1 Å². The lowest BCUT2D eigenvalue weighted by Crippen LogP contribution is -2.20. The maximum atomic E-state index is 9.17. The Hall–Kier alpha value is -1.06. The summed E-state index contributed by atoms with van der Waals surface area (Å²) in [7, 11) is 0. The van der Waals surface area contributed by atoms with E-state index >= 15 is 0 Å². The lowest BCUT2D eigenvalue weighted by molar-refractivity contribution is 0.229. The van der Waals surface area contributed by atoms with Gasteiger partial charge in [-0.05, 0) is 30.5 Å². The monoisotopic (exact) mass is 280 g/mol. The summed E-state index contributed by atoms with van der Waals surface area (Å²) in [5, 5.41) is 9.83. The van der Waals surface area contributed by atoms with Gasteiger partial charge in [0.15, 0.2) is 0 Å². The highest BCUT2D eigenvalue weighted by molar-refractivity contribution is 6.30. The van der Waals surface area contributed by atoms with E-state index in [9.17, 15) is 5.21 Å². The number of hydrogen-bond acceptors (Lipinski definition) is 2. The molecular formula is C15H21ClN2O. The summed E-state index contributed by atoms with van der Waals surface area (Å²) in [4.78, 5) is 4.39. The van der Waals surface area contributed by atoms with Crippen LogP contribution in [0.15, 0.2) is 29.3 Å². The number of nitrogens with one attached hydrogen (secondary N) is 1. The summed E-state index contributed by atoms with van der Waals surface area (Å²) in [5.74, 6) is 1.40. The average Bonchev–Trinajstić information content (AvgIpc) is 2.44. The molecule has 0 aliphatic heterocycles. The fraction of sp³-hybridized carbons (Fsp3) is 0.533. The van der Waals surface area contributed by atoms with E-state index in [0.717, 1.165) is 24.4 Å². The van der Waals surface area contributed by atoms with Crippen LogP contribution >= 0.6 is 11.6 Å². The predicted octanol–water partition coefficient (Wildman–Crippen LogP) is 4.71. The first kappa shape index (κ1) is 14.4. The molecule has 0 unspecified atom stereocenters. The van der Waals surface area contributed by atoms with Crippen molar-refractivity contribution in [3.8, 4) is 0 Å². The van der Waals surface area contributed by atoms with E-state index in [-0.39, 0.29) is 0 Å². The van der Waals surface area contributed by atoms with Gasteiger partial charge in [-0.2, -0.15) is 0 Å². The van der Waals surface area contributed by atoms with Gasteiger partial charge in [-0.15, -0.1) is 0 Å². The topological polar surface area (TPSA) is 44.6 Å². The minimum atomic E-state index is 0.618. The summed E-state index contributed by atoms with van der Waals surface area (Å²) < 4.78 is 0. The Morgan fingerprint density at radius 3 is 2.79 bits per heavy atom. The van der Waals surface area contributed by atoms with E-state index in [0.29, 0.717) is 10.9 Å². The van der Waals surface area contributed by atoms with Crippen LogP contribution in [0.3, 0.4) is 0 Å². The molecule has 1 saturated carbocycles. The van der Waals surface area contributed by atoms with Crippen LogP contribution in [0.5, 0.6) is 0 Å². The molecule has 4 heteroatoms. The van der Waals surface area contributed by atoms with Gasteiger partial charge in [0.05, 0.1) is 5.69 Å². The molecule has 1 aromatic carbocycles. The Kier molecular flexibility index (Phi) is 5.67. The second kappa shape index (κ2) is 7.51. The Morgan fingerprint density at radius 2 is 2.11 bits per heavy atom. The number of amidine groups is 1. The average molecular weight is 281 g/mol. The Labute approximate surface area is 119 Å². The third kappa shape index (κ3) is 4.84. The summed E-state index contributed by atoms with van der Waals surface area (Å²) >= 11 is 5.92. The molecule has 1 aromatic rings. The van der Waals surface area contributed by atoms with E-state index in [4.69, 9.17) is 11.6 Å². The van der Waals surface area contributed by atoms with E-state index in [2.05, 4.69) is 10.5 Å². The number of rotatable bonds is 4. The molecule has 0 atom stereocenters. The van der Waals surface area contributed by atoms with Crippen molar-refractivity contribution >= 4 is 23.1 Å². The first-order chi connectivity index (χ1) is 9.28. The molecular weight excluding hydrogens is 260 g/mol. The third-order valence-electron chi connectivity index (χ3n) is 3.72. The molecule has 19 heavy (non-hydrogen) atoms. The fourth-order valence-corrected chi connectivity index (χ4v) is 2.84. The second-order valence-corrected chi connectivity index (χ2v) is 5.63. The zero-order chi connectivity index (χ0) is 13.5. The smallest absolute Gasteiger partial charge is 0.126 e. The summed E-state index contributed by atoms with van der Waals surface area (Å²) in [6, 6.07) is 7.34. The summed E-state index contributed by atoms with van der Waals surface area (Å²) in [6.45, 7) is 0. The van der Waals surface area contributed by atoms with Gasteiger partial charge in [0.1, 0.15) is 5.84 Å². The molecule has 1 fully saturated rings. The van der Waals surface area contributed by atoms with E-state index in [1.807, 2.05) is 18.2 Å². The highest BCUT2D eigenvalue weighted by Crippen LogP contribution is 2.27. The van der Waals surface area contributed by atoms with Crippen molar-refractivity contribution in [2.24, 2.45) is 10.9 Å². The number of aliphatic imine (C=N–C) groups is 1. The van der Waals surface area contributed by atoms with Gasteiger partial charge in [0.25, 0.3) is 0 Å². The zero-order valence-corrected chi connectivity index (χ0v) is 11.9. The number of halogens is 1. The van der Waals surface area contributed by atoms with Crippen molar-refractivity contribution in [1.82, 2.24) is 5.48 Å². The molecule has 1 aliphatic rings. The zero-order valence-electron chi connectivity index (χ0n) is 11.1. The number of benzene rings is 1. The number of nitrogens with zero attached hydrogens (tertiary/aromatic N) is 1. The van der Waals surface area contributed by atoms with Crippen molar-refractivity contribution in [2.45, 2.75) is 44.9 Å². The van der Waals surface area contributed by atoms with Crippen LogP contribution in [-0.2, 0) is 0 Å². The Morgan fingerprint density at radius 1 is 1.32 bits per heavy atom. The second-order valence-electron chi connectivity index (χ2n) is 5.19. The van der Waals surface area contributed by atoms with Crippen LogP contribution in [0.1, 0.15) is 44.9 Å². The van der Waals surface area contributed by atoms with Gasteiger partial charge < -0.3 is 0 Å². The van der Waals surface area contributed by atoms with Crippen LogP contribution < -0.4 is 5.48 Å². The van der Waals surface area contributed by atoms with Gasteiger partial charge >= 0.3 is 0 Å². The molecule has 3 nitrogen and oxygen atoms in total. The quantitative estimate of drug-likeness (QED) is 0.477. The normalized spacial score (nSPS) is 17.5. The maximum Gasteiger partial charge on any atom is 0.126 e. The van der Waals surface area contributed by atoms with Crippen LogP contribution in [0.2, 0.25) is 5.02 Å². The SMILES string of the molecule is ONC(CCC1CCCCC1)=Nc1cccc(Cl)c1. The third-order valence-corrected chi connectivity index (χ3v) is 3.95. The highest BCUT2D eigenvalue weighted by Gasteiger charge is 2.14. The van der Waals surface area contributed by atoms with Crippen LogP contribution in [-0.4, -0.2) is 11.0 Å². The van der Waals surface area contributed by atoms with Crippen molar-refractivity contribution in [3.05, 3.63) is 29.3 Å². The molecule has 0 saturated heterocycles. The van der Waals surface area contributed by atoms with E-state index in [1.54, 1.807) is 6.07 Å². The number of hydroxylamine groups is 1. The molecule has 0 aromatic heterocycles. The van der Waals surface area contributed by atoms with Crippen LogP contribution in [0, 0.1) is 5.92 Å². The molecule has 0 bridgehead atoms. The molecule has 0 spiro atoms. The molecule has 104 valence electrons. The molecule has 0 radical (unpaired) electrons. The van der Waals surface area contributed by atoms with Gasteiger partial charge in [-0.1, -0.05) is 49.8 Å². The first-order valence-corrected chi connectivity index (χ1v) is 7.39. The van der Waals surface area contributed by atoms with Crippen LogP contribution in [0.25, 0.3) is 0 Å². The van der Waals surface area contributed by atoms with Gasteiger partial charge in [0, 0.05) is 11.4 Å². The summed E-state index contributed by atoms with van der Waals surface area (Å²) in [6.07, 6.45) is 8.57. The van der Waals surface area contributed by atoms with Gasteiger partial charge in [0.2, 0.25) is 0 Å². The van der Waals surface area contributed by atoms with Crippen molar-refractivity contribution in [3.63, 3.8) is 0 Å². The minimum Gasteiger partial charge on any atom is -0.290 e.